The highest BCUT2D eigenvalue weighted by molar-refractivity contribution is 6.31. The fraction of sp³-hybridized carbons (Fsp3) is 0.345. The highest BCUT2D eigenvalue weighted by atomic mass is 35.5. The SMILES string of the molecule is CCCC(=O)CCNC(c1ccccc1)(c1ccc(C2CCC2)cc1)c1ccccc1Cl. The lowest BCUT2D eigenvalue weighted by atomic mass is 9.75. The van der Waals surface area contributed by atoms with E-state index in [1.54, 1.807) is 0 Å². The predicted molar refractivity (Wildman–Crippen MR) is 133 cm³/mol. The molecule has 1 atom stereocenters. The van der Waals surface area contributed by atoms with Gasteiger partial charge in [-0.15, -0.1) is 0 Å². The molecule has 1 N–H and O–H groups in total. The fourth-order valence-corrected chi connectivity index (χ4v) is 5.05. The second kappa shape index (κ2) is 10.5. The largest absolute Gasteiger partial charge is 0.300 e. The van der Waals surface area contributed by atoms with Crippen molar-refractivity contribution in [2.75, 3.05) is 6.54 Å². The van der Waals surface area contributed by atoms with Crippen LogP contribution in [0.5, 0.6) is 0 Å². The van der Waals surface area contributed by atoms with E-state index in [1.807, 2.05) is 31.2 Å². The quantitative estimate of drug-likeness (QED) is 0.333. The van der Waals surface area contributed by atoms with Gasteiger partial charge in [-0.1, -0.05) is 97.7 Å². The van der Waals surface area contributed by atoms with Gasteiger partial charge in [-0.3, -0.25) is 10.1 Å². The molecule has 32 heavy (non-hydrogen) atoms. The van der Waals surface area contributed by atoms with Crippen LogP contribution >= 0.6 is 11.6 Å². The minimum absolute atomic E-state index is 0.293. The molecule has 1 saturated carbocycles. The molecule has 1 aliphatic carbocycles. The summed E-state index contributed by atoms with van der Waals surface area (Å²) in [6.45, 7) is 2.64. The second-order valence-corrected chi connectivity index (χ2v) is 9.22. The average Bonchev–Trinajstić information content (AvgIpc) is 2.78. The Balaban J connectivity index is 1.80. The van der Waals surface area contributed by atoms with Crippen LogP contribution < -0.4 is 5.32 Å². The number of halogens is 1. The van der Waals surface area contributed by atoms with E-state index in [-0.39, 0.29) is 0 Å². The first-order chi connectivity index (χ1) is 15.6. The fourth-order valence-electron chi connectivity index (χ4n) is 4.77. The lowest BCUT2D eigenvalue weighted by molar-refractivity contribution is -0.119. The summed E-state index contributed by atoms with van der Waals surface area (Å²) in [5.41, 5.74) is 4.05. The molecule has 0 radical (unpaired) electrons. The Hall–Kier alpha value is -2.42. The van der Waals surface area contributed by atoms with Crippen LogP contribution in [-0.2, 0) is 10.3 Å². The zero-order valence-electron chi connectivity index (χ0n) is 18.8. The Bertz CT molecular complexity index is 1030. The predicted octanol–water partition coefficient (Wildman–Crippen LogP) is 7.25. The zero-order valence-corrected chi connectivity index (χ0v) is 19.6. The topological polar surface area (TPSA) is 29.1 Å². The van der Waals surface area contributed by atoms with Crippen molar-refractivity contribution in [3.8, 4) is 0 Å². The lowest BCUT2D eigenvalue weighted by Gasteiger charge is -2.38. The molecule has 1 unspecified atom stereocenters. The molecule has 166 valence electrons. The molecule has 0 bridgehead atoms. The van der Waals surface area contributed by atoms with Crippen LogP contribution in [0, 0.1) is 0 Å². The number of carbonyl (C=O) groups is 1. The van der Waals surface area contributed by atoms with Gasteiger partial charge in [0.25, 0.3) is 0 Å². The molecule has 3 aromatic carbocycles. The van der Waals surface area contributed by atoms with Gasteiger partial charge in [-0.05, 0) is 53.5 Å². The van der Waals surface area contributed by atoms with Gasteiger partial charge in [-0.25, -0.2) is 0 Å². The zero-order chi connectivity index (χ0) is 22.4. The van der Waals surface area contributed by atoms with E-state index < -0.39 is 5.54 Å². The Morgan fingerprint density at radius 2 is 1.56 bits per heavy atom. The molecule has 2 nitrogen and oxygen atoms in total. The van der Waals surface area contributed by atoms with E-state index in [4.69, 9.17) is 11.6 Å². The highest BCUT2D eigenvalue weighted by Gasteiger charge is 2.37. The van der Waals surface area contributed by atoms with Crippen LogP contribution in [0.25, 0.3) is 0 Å². The average molecular weight is 446 g/mol. The first-order valence-corrected chi connectivity index (χ1v) is 12.2. The summed E-state index contributed by atoms with van der Waals surface area (Å²) in [4.78, 5) is 12.3. The number of benzene rings is 3. The van der Waals surface area contributed by atoms with Gasteiger partial charge in [0.2, 0.25) is 0 Å². The molecule has 0 heterocycles. The van der Waals surface area contributed by atoms with Crippen molar-refractivity contribution in [2.24, 2.45) is 0 Å². The molecule has 1 fully saturated rings. The van der Waals surface area contributed by atoms with Gasteiger partial charge in [-0.2, -0.15) is 0 Å². The molecule has 4 rings (SSSR count). The molecule has 1 aliphatic rings. The van der Waals surface area contributed by atoms with Gasteiger partial charge < -0.3 is 0 Å². The van der Waals surface area contributed by atoms with Crippen LogP contribution in [0.4, 0.5) is 0 Å². The second-order valence-electron chi connectivity index (χ2n) is 8.81. The molecule has 0 aromatic heterocycles. The first-order valence-electron chi connectivity index (χ1n) is 11.8. The van der Waals surface area contributed by atoms with Crippen molar-refractivity contribution >= 4 is 17.4 Å². The maximum absolute atomic E-state index is 12.3. The van der Waals surface area contributed by atoms with E-state index in [0.29, 0.717) is 36.1 Å². The molecule has 0 saturated heterocycles. The van der Waals surface area contributed by atoms with Gasteiger partial charge in [0.15, 0.2) is 0 Å². The lowest BCUT2D eigenvalue weighted by Crippen LogP contribution is -2.45. The maximum Gasteiger partial charge on any atom is 0.134 e. The van der Waals surface area contributed by atoms with E-state index in [9.17, 15) is 4.79 Å². The Morgan fingerprint density at radius 3 is 2.19 bits per heavy atom. The van der Waals surface area contributed by atoms with Crippen molar-refractivity contribution in [1.82, 2.24) is 5.32 Å². The molecule has 0 aliphatic heterocycles. The standard InChI is InChI=1S/C29H32ClNO/c1-2-9-26(32)20-21-31-29(24-12-4-3-5-13-24,27-14-6-7-15-28(27)30)25-18-16-23(17-19-25)22-10-8-11-22/h3-7,12-19,22,31H,2,8-11,20-21H2,1H3. The monoisotopic (exact) mass is 445 g/mol. The van der Waals surface area contributed by atoms with E-state index in [1.165, 1.54) is 24.8 Å². The summed E-state index contributed by atoms with van der Waals surface area (Å²) in [5, 5.41) is 4.50. The Kier molecular flexibility index (Phi) is 7.44. The summed E-state index contributed by atoms with van der Waals surface area (Å²) in [5.74, 6) is 0.983. The normalized spacial score (nSPS) is 15.7. The highest BCUT2D eigenvalue weighted by Crippen LogP contribution is 2.42. The third-order valence-corrected chi connectivity index (χ3v) is 7.06. The number of ketones is 1. The summed E-state index contributed by atoms with van der Waals surface area (Å²) in [7, 11) is 0. The molecular formula is C29H32ClNO. The van der Waals surface area contributed by atoms with Crippen molar-refractivity contribution in [3.05, 3.63) is 106 Å². The van der Waals surface area contributed by atoms with Crippen molar-refractivity contribution in [1.29, 1.82) is 0 Å². The number of carbonyl (C=O) groups excluding carboxylic acids is 1. The molecular weight excluding hydrogens is 414 g/mol. The minimum atomic E-state index is -0.635. The van der Waals surface area contributed by atoms with Gasteiger partial charge in [0.05, 0.1) is 5.54 Å². The maximum atomic E-state index is 12.3. The van der Waals surface area contributed by atoms with Crippen LogP contribution in [0.2, 0.25) is 5.02 Å². The third-order valence-electron chi connectivity index (χ3n) is 6.73. The van der Waals surface area contributed by atoms with Crippen LogP contribution in [0.3, 0.4) is 0 Å². The van der Waals surface area contributed by atoms with E-state index in [2.05, 4.69) is 59.9 Å². The smallest absolute Gasteiger partial charge is 0.134 e. The van der Waals surface area contributed by atoms with E-state index in [0.717, 1.165) is 23.1 Å². The molecule has 3 aromatic rings. The third kappa shape index (κ3) is 4.67. The minimum Gasteiger partial charge on any atom is -0.300 e. The van der Waals surface area contributed by atoms with Crippen molar-refractivity contribution in [2.45, 2.75) is 56.9 Å². The Labute approximate surface area is 197 Å². The number of hydrogen-bond acceptors (Lipinski definition) is 2. The van der Waals surface area contributed by atoms with Gasteiger partial charge in [0, 0.05) is 24.4 Å². The van der Waals surface area contributed by atoms with Gasteiger partial charge in [0.1, 0.15) is 5.78 Å². The Morgan fingerprint density at radius 1 is 0.906 bits per heavy atom. The summed E-state index contributed by atoms with van der Waals surface area (Å²) >= 11 is 6.81. The van der Waals surface area contributed by atoms with E-state index >= 15 is 0 Å². The number of nitrogens with one attached hydrogen (secondary N) is 1. The van der Waals surface area contributed by atoms with Gasteiger partial charge >= 0.3 is 0 Å². The summed E-state index contributed by atoms with van der Waals surface area (Å²) < 4.78 is 0. The molecule has 3 heteroatoms. The van der Waals surface area contributed by atoms with Crippen LogP contribution in [-0.4, -0.2) is 12.3 Å². The molecule has 0 spiro atoms. The summed E-state index contributed by atoms with van der Waals surface area (Å²) in [6, 6.07) is 27.5. The van der Waals surface area contributed by atoms with Crippen molar-refractivity contribution in [3.63, 3.8) is 0 Å². The van der Waals surface area contributed by atoms with Crippen molar-refractivity contribution < 1.29 is 4.79 Å². The molecule has 0 amide bonds. The number of Topliss-reactive ketones (excluding diaryl/α,β-unsaturated/α-hetero) is 1. The number of rotatable bonds is 10. The summed E-state index contributed by atoms with van der Waals surface area (Å²) in [6.07, 6.45) is 5.91. The van der Waals surface area contributed by atoms with Crippen LogP contribution in [0.1, 0.15) is 73.6 Å². The van der Waals surface area contributed by atoms with Crippen LogP contribution in [0.15, 0.2) is 78.9 Å². The first kappa shape index (κ1) is 22.8. The number of hydrogen-bond donors (Lipinski definition) is 1.